The lowest BCUT2D eigenvalue weighted by atomic mass is 9.39. The molecule has 105 heavy (non-hydrogen) atoms. The van der Waals surface area contributed by atoms with E-state index >= 15 is 0 Å². The topological polar surface area (TPSA) is 439 Å². The molecule has 12 saturated carbocycles. The molecule has 15 rings (SSSR count). The molecule has 590 valence electrons. The normalized spacial score (nSPS) is 26.9. The number of rotatable bonds is 20. The van der Waals surface area contributed by atoms with Crippen LogP contribution in [-0.2, 0) is 87.3 Å². The van der Waals surface area contributed by atoms with Crippen molar-refractivity contribution in [1.82, 2.24) is 30.1 Å². The predicted octanol–water partition coefficient (Wildman–Crippen LogP) is 7.71. The summed E-state index contributed by atoms with van der Waals surface area (Å²) < 4.78 is 126. The van der Waals surface area contributed by atoms with Crippen LogP contribution in [0, 0.1) is 21.7 Å². The van der Waals surface area contributed by atoms with Crippen molar-refractivity contribution in [3.05, 3.63) is 91.0 Å². The molecule has 11 N–H and O–H groups in total. The number of carbonyl (C=O) groups excluding carboxylic acids is 7. The second-order valence-corrected chi connectivity index (χ2v) is 37.9. The number of nitrogens with one attached hydrogen (secondary N) is 6. The lowest BCUT2D eigenvalue weighted by Gasteiger charge is -2.69. The minimum atomic E-state index is -3.70. The van der Waals surface area contributed by atoms with Crippen molar-refractivity contribution in [2.75, 3.05) is 35.6 Å². The molecule has 37 heteroatoms. The fraction of sp³-hybridized carbons (Fsp3) is 0.618. The molecule has 2 atom stereocenters. The van der Waals surface area contributed by atoms with Crippen LogP contribution in [0.1, 0.15) is 148 Å². The Hall–Kier alpha value is -6.24. The minimum absolute atomic E-state index is 0. The number of benzene rings is 3. The van der Waals surface area contributed by atoms with Gasteiger partial charge in [0, 0.05) is 22.2 Å². The van der Waals surface area contributed by atoms with Crippen LogP contribution in [0.3, 0.4) is 0 Å². The number of hydrogen-bond acceptors (Lipinski definition) is 22. The monoisotopic (exact) mass is 1620 g/mol. The molecule has 0 spiro atoms. The van der Waals surface area contributed by atoms with Crippen molar-refractivity contribution in [2.24, 2.45) is 33.1 Å². The van der Waals surface area contributed by atoms with Gasteiger partial charge in [-0.15, -0.1) is 12.4 Å². The SMILES string of the molecule is COC(=O)C12CC(N)(C1)C2.COC(=O)C12CC(NS(=O)(=O)c3ccccc3)(C1)C2.COC(=O)[C@H](N)C(C)(C)NC(=O)OC(C)(C)C.COC(=O)[C@H](NC(=O)C12CC(NS(=O)(=O)c3ccccc3)(C1)C2)C(C)(C)NC(=O)OC(C)(C)C.Cl.ClC(Cl)Cl.O=C(O)C12CC(NS(=O)(=O)c3ccccc3)(C1)C2.[2H]CF. The second kappa shape index (κ2) is 33.7. The van der Waals surface area contributed by atoms with Crippen LogP contribution in [0.25, 0.3) is 0 Å². The first-order chi connectivity index (χ1) is 48.1. The fourth-order valence-electron chi connectivity index (χ4n) is 14.4. The fourth-order valence-corrected chi connectivity index (χ4v) is 18.6. The van der Waals surface area contributed by atoms with E-state index in [1.165, 1.54) is 52.7 Å². The van der Waals surface area contributed by atoms with Gasteiger partial charge in [-0.3, -0.25) is 28.4 Å². The van der Waals surface area contributed by atoms with E-state index in [-0.39, 0.29) is 55.9 Å². The maximum absolute atomic E-state index is 13.1. The van der Waals surface area contributed by atoms with Gasteiger partial charge in [0.2, 0.25) is 36.0 Å². The molecule has 12 aliphatic carbocycles. The zero-order valence-electron chi connectivity index (χ0n) is 62.0. The Labute approximate surface area is 635 Å². The summed E-state index contributed by atoms with van der Waals surface area (Å²) in [6.45, 7) is 16.8. The molecule has 0 aromatic heterocycles. The van der Waals surface area contributed by atoms with Crippen molar-refractivity contribution in [3.63, 3.8) is 0 Å². The number of halogens is 5. The van der Waals surface area contributed by atoms with Gasteiger partial charge in [-0.2, -0.15) is 0 Å². The number of carboxylic acids is 1. The molecular weight excluding hydrogens is 1520 g/mol. The summed E-state index contributed by atoms with van der Waals surface area (Å²) in [6.07, 6.45) is 4.97. The van der Waals surface area contributed by atoms with E-state index in [1.807, 2.05) is 0 Å². The maximum atomic E-state index is 13.1. The van der Waals surface area contributed by atoms with E-state index in [4.69, 9.17) is 71.7 Å². The summed E-state index contributed by atoms with van der Waals surface area (Å²) >= 11 is 14.4. The largest absolute Gasteiger partial charge is 0.481 e. The minimum Gasteiger partial charge on any atom is -0.481 e. The predicted molar refractivity (Wildman–Crippen MR) is 389 cm³/mol. The summed E-state index contributed by atoms with van der Waals surface area (Å²) in [7, 11) is -6.50. The number of sulfonamides is 3. The number of ether oxygens (including phenoxy) is 6. The Morgan fingerprint density at radius 3 is 1.04 bits per heavy atom. The molecular formula is C68H99Cl4FN8O21S3. The smallest absolute Gasteiger partial charge is 0.408 e. The third-order valence-corrected chi connectivity index (χ3v) is 23.6. The van der Waals surface area contributed by atoms with E-state index in [0.29, 0.717) is 57.8 Å². The first kappa shape index (κ1) is 89.4. The molecule has 12 aliphatic rings. The number of hydrogen-bond donors (Lipinski definition) is 9. The number of carboxylic acid groups (broad SMARTS) is 1. The molecule has 0 heterocycles. The highest BCUT2D eigenvalue weighted by molar-refractivity contribution is 7.90. The van der Waals surface area contributed by atoms with Gasteiger partial charge < -0.3 is 60.9 Å². The summed E-state index contributed by atoms with van der Waals surface area (Å²) in [5, 5.41) is 16.9. The van der Waals surface area contributed by atoms with Crippen LogP contribution in [-0.4, -0.2) is 175 Å². The first-order valence-corrected chi connectivity index (χ1v) is 38.3. The Balaban J connectivity index is 0.000000286. The van der Waals surface area contributed by atoms with Crippen LogP contribution < -0.4 is 41.6 Å². The van der Waals surface area contributed by atoms with Gasteiger partial charge in [0.25, 0.3) is 0 Å². The average molecular weight is 1620 g/mol. The van der Waals surface area contributed by atoms with Crippen molar-refractivity contribution >= 4 is 125 Å². The van der Waals surface area contributed by atoms with Gasteiger partial charge in [0.1, 0.15) is 23.3 Å². The van der Waals surface area contributed by atoms with E-state index < -0.39 is 139 Å². The quantitative estimate of drug-likeness (QED) is 0.0297. The standard InChI is InChI=1S/C23H33N3O7S.C13H15NO4S.C12H13NO4S.C11H22N2O4.C7H11NO2.CHCl3.CH3F.ClH/c1-20(2,3)33-19(29)25-21(4,5)16(17(27)32-6)24-18(28)22-12-23(13-22,14-22)26-34(30,31)15-10-8-7-9-11-15;1-18-11(15)12-7-13(8-12,9-12)14-19(16,17)10-5-3-2-4-6-10;14-10(15)11-6-12(7-11,8-11)13-18(16,17)9-4-2-1-3-5-9;1-10(2,3)17-9(15)13-11(4,5)7(12)8(14)16-6;1-10-5(9)6-2-7(8,3-6)4-6;2-1(3)4;1-2;/h7-11,16,26H,12-14H2,1-6H3,(H,24,28)(H,25,29);2-6,14H,7-9H2,1H3;1-5,13H,6-8H2,(H,14,15);7H,12H2,1-6H3,(H,13,15);2-4,8H2,1H3;1H;1H3;1H/t16-,22?,23?;;;7-;;;;/m0..0..../s1/i;;;;;;1D;. The van der Waals surface area contributed by atoms with Gasteiger partial charge in [0.05, 0.1) is 84.4 Å². The molecule has 0 saturated heterocycles. The zero-order chi connectivity index (χ0) is 79.9. The third kappa shape index (κ3) is 22.0. The van der Waals surface area contributed by atoms with Gasteiger partial charge in [0.15, 0.2) is 4.30 Å². The van der Waals surface area contributed by atoms with Gasteiger partial charge in [-0.1, -0.05) is 89.4 Å². The highest BCUT2D eigenvalue weighted by Gasteiger charge is 2.75. The van der Waals surface area contributed by atoms with Crippen molar-refractivity contribution in [1.29, 1.82) is 0 Å². The van der Waals surface area contributed by atoms with E-state index in [0.717, 1.165) is 19.3 Å². The van der Waals surface area contributed by atoms with Gasteiger partial charge in [-0.25, -0.2) is 53.8 Å². The zero-order valence-corrected chi connectivity index (χ0v) is 66.5. The van der Waals surface area contributed by atoms with Crippen LogP contribution in [0.4, 0.5) is 14.0 Å². The van der Waals surface area contributed by atoms with Gasteiger partial charge >= 0.3 is 42.0 Å². The Morgan fingerprint density at radius 1 is 0.495 bits per heavy atom. The van der Waals surface area contributed by atoms with Crippen molar-refractivity contribution in [3.8, 4) is 0 Å². The number of nitrogens with two attached hydrogens (primary N) is 2. The Morgan fingerprint density at radius 2 is 0.771 bits per heavy atom. The summed E-state index contributed by atoms with van der Waals surface area (Å²) in [5.41, 5.74) is 4.27. The molecule has 3 aromatic rings. The molecule has 3 amide bonds. The number of methoxy groups -OCH3 is 4. The average Bonchev–Trinajstić information content (AvgIpc) is 0.689. The lowest BCUT2D eigenvalue weighted by Crippen LogP contribution is -2.79. The van der Waals surface area contributed by atoms with Gasteiger partial charge in [-0.05, 0) is 183 Å². The molecule has 12 fully saturated rings. The van der Waals surface area contributed by atoms with Crippen LogP contribution in [0.2, 0.25) is 0 Å². The third-order valence-electron chi connectivity index (χ3n) is 18.9. The van der Waals surface area contributed by atoms with Crippen molar-refractivity contribution < 1.29 is 103 Å². The Bertz CT molecular complexity index is 3930. The van der Waals surface area contributed by atoms with E-state index in [9.17, 15) is 68.0 Å². The van der Waals surface area contributed by atoms with Crippen molar-refractivity contribution in [2.45, 2.75) is 222 Å². The summed E-state index contributed by atoms with van der Waals surface area (Å²) in [5.74, 6) is -2.81. The highest BCUT2D eigenvalue weighted by atomic mass is 35.6. The van der Waals surface area contributed by atoms with E-state index in [1.54, 1.807) is 136 Å². The lowest BCUT2D eigenvalue weighted by molar-refractivity contribution is -0.197. The molecule has 8 bridgehead atoms. The Kier molecular flexibility index (Phi) is 28.7. The summed E-state index contributed by atoms with van der Waals surface area (Å²) in [4.78, 5) is 94.9. The second-order valence-electron chi connectivity index (χ2n) is 30.9. The summed E-state index contributed by atoms with van der Waals surface area (Å²) in [6, 6.07) is 22.3. The van der Waals surface area contributed by atoms with E-state index in [2.05, 4.69) is 39.6 Å². The van der Waals surface area contributed by atoms with Crippen LogP contribution in [0.5, 0.6) is 0 Å². The number of esters is 4. The first-order valence-electron chi connectivity index (χ1n) is 33.3. The number of alkyl halides is 4. The maximum Gasteiger partial charge on any atom is 0.408 e. The number of carbonyl (C=O) groups is 8. The highest BCUT2D eigenvalue weighted by Crippen LogP contribution is 2.70. The number of aliphatic carboxylic acids is 1. The molecule has 0 unspecified atom stereocenters. The number of amides is 3. The molecule has 29 nitrogen and oxygen atoms in total. The van der Waals surface area contributed by atoms with Crippen LogP contribution >= 0.6 is 47.2 Å². The number of alkyl carbamates (subject to hydrolysis) is 2. The molecule has 0 aliphatic heterocycles. The molecule has 0 radical (unpaired) electrons. The molecule has 3 aromatic carbocycles. The van der Waals surface area contributed by atoms with Crippen LogP contribution in [0.15, 0.2) is 106 Å².